The second kappa shape index (κ2) is 2.60. The molecule has 1 aromatic carbocycles. The maximum Gasteiger partial charge on any atom is 0.0215 e. The Morgan fingerprint density at radius 1 is 1.15 bits per heavy atom. The highest BCUT2D eigenvalue weighted by Gasteiger charge is 2.47. The van der Waals surface area contributed by atoms with Gasteiger partial charge in [-0.2, -0.15) is 0 Å². The van der Waals surface area contributed by atoms with Crippen molar-refractivity contribution >= 4 is 15.9 Å². The third kappa shape index (κ3) is 1.10. The summed E-state index contributed by atoms with van der Waals surface area (Å²) in [5.74, 6) is 0. The second-order valence-corrected chi connectivity index (χ2v) is 5.26. The number of benzene rings is 1. The van der Waals surface area contributed by atoms with Crippen molar-refractivity contribution in [3.05, 3.63) is 33.8 Å². The van der Waals surface area contributed by atoms with Crippen LogP contribution in [0, 0.1) is 0 Å². The fourth-order valence-corrected chi connectivity index (χ4v) is 3.59. The maximum absolute atomic E-state index is 3.70. The molecule has 2 aliphatic rings. The summed E-state index contributed by atoms with van der Waals surface area (Å²) in [4.78, 5) is 0. The number of aryl methyl sites for hydroxylation is 1. The van der Waals surface area contributed by atoms with Crippen molar-refractivity contribution in [2.45, 2.75) is 37.5 Å². The normalized spacial score (nSPS) is 22.8. The summed E-state index contributed by atoms with van der Waals surface area (Å²) in [7, 11) is 0. The van der Waals surface area contributed by atoms with Crippen molar-refractivity contribution in [2.24, 2.45) is 0 Å². The molecule has 0 amide bonds. The first-order valence-electron chi connectivity index (χ1n) is 5.10. The lowest BCUT2D eigenvalue weighted by atomic mass is 9.80. The van der Waals surface area contributed by atoms with Crippen LogP contribution in [0.25, 0.3) is 0 Å². The molecule has 0 nitrogen and oxygen atoms in total. The van der Waals surface area contributed by atoms with Crippen molar-refractivity contribution in [3.8, 4) is 0 Å². The predicted molar refractivity (Wildman–Crippen MR) is 58.0 cm³/mol. The zero-order chi connectivity index (χ0) is 8.89. The van der Waals surface area contributed by atoms with Gasteiger partial charge < -0.3 is 0 Å². The van der Waals surface area contributed by atoms with Gasteiger partial charge in [0.15, 0.2) is 0 Å². The van der Waals surface area contributed by atoms with Crippen LogP contribution < -0.4 is 0 Å². The van der Waals surface area contributed by atoms with Crippen LogP contribution in [0.15, 0.2) is 22.7 Å². The van der Waals surface area contributed by atoms with Crippen LogP contribution in [0.1, 0.15) is 36.8 Å². The molecule has 13 heavy (non-hydrogen) atoms. The Morgan fingerprint density at radius 2 is 2.00 bits per heavy atom. The Hall–Kier alpha value is -0.300. The van der Waals surface area contributed by atoms with Gasteiger partial charge in [0.05, 0.1) is 0 Å². The van der Waals surface area contributed by atoms with Gasteiger partial charge in [0, 0.05) is 4.47 Å². The van der Waals surface area contributed by atoms with E-state index in [0.717, 1.165) is 0 Å². The highest BCUT2D eigenvalue weighted by Crippen LogP contribution is 2.57. The molecule has 1 heteroatoms. The smallest absolute Gasteiger partial charge is 0.0215 e. The standard InChI is InChI=1S/C12H13Br/c13-10-5-1-3-9-4-2-6-12(7-8-12)11(9)10/h1,3,5H,2,4,6-8H2. The van der Waals surface area contributed by atoms with Gasteiger partial charge in [-0.3, -0.25) is 0 Å². The Bertz CT molecular complexity index is 350. The molecule has 0 heterocycles. The van der Waals surface area contributed by atoms with Crippen molar-refractivity contribution in [3.63, 3.8) is 0 Å². The summed E-state index contributed by atoms with van der Waals surface area (Å²) in [5.41, 5.74) is 3.84. The summed E-state index contributed by atoms with van der Waals surface area (Å²) in [5, 5.41) is 0. The van der Waals surface area contributed by atoms with Crippen LogP contribution in [0.3, 0.4) is 0 Å². The summed E-state index contributed by atoms with van der Waals surface area (Å²) in [6.45, 7) is 0. The minimum absolute atomic E-state index is 0.605. The lowest BCUT2D eigenvalue weighted by molar-refractivity contribution is 0.539. The molecule has 0 aliphatic heterocycles. The first-order valence-corrected chi connectivity index (χ1v) is 5.89. The van der Waals surface area contributed by atoms with Crippen molar-refractivity contribution < 1.29 is 0 Å². The minimum atomic E-state index is 0.605. The van der Waals surface area contributed by atoms with E-state index in [1.165, 1.54) is 36.6 Å². The Balaban J connectivity index is 2.21. The van der Waals surface area contributed by atoms with E-state index < -0.39 is 0 Å². The Morgan fingerprint density at radius 3 is 2.77 bits per heavy atom. The van der Waals surface area contributed by atoms with E-state index in [9.17, 15) is 0 Å². The Kier molecular flexibility index (Phi) is 1.61. The summed E-state index contributed by atoms with van der Waals surface area (Å²) >= 11 is 3.70. The van der Waals surface area contributed by atoms with Crippen LogP contribution in [0.5, 0.6) is 0 Å². The van der Waals surface area contributed by atoms with Gasteiger partial charge in [-0.15, -0.1) is 0 Å². The average molecular weight is 237 g/mol. The fraction of sp³-hybridized carbons (Fsp3) is 0.500. The van der Waals surface area contributed by atoms with Crippen LogP contribution in [-0.2, 0) is 11.8 Å². The molecule has 0 radical (unpaired) electrons. The summed E-state index contributed by atoms with van der Waals surface area (Å²) < 4.78 is 1.35. The summed E-state index contributed by atoms with van der Waals surface area (Å²) in [6, 6.07) is 6.67. The Labute approximate surface area is 87.5 Å². The molecule has 1 fully saturated rings. The zero-order valence-corrected chi connectivity index (χ0v) is 9.23. The second-order valence-electron chi connectivity index (χ2n) is 4.41. The number of halogens is 1. The van der Waals surface area contributed by atoms with Crippen molar-refractivity contribution in [1.29, 1.82) is 0 Å². The molecule has 1 spiro atoms. The van der Waals surface area contributed by atoms with E-state index >= 15 is 0 Å². The van der Waals surface area contributed by atoms with Gasteiger partial charge >= 0.3 is 0 Å². The number of hydrogen-bond donors (Lipinski definition) is 0. The van der Waals surface area contributed by atoms with E-state index in [1.807, 2.05) is 0 Å². The molecular formula is C12H13Br. The molecule has 1 saturated carbocycles. The largest absolute Gasteiger partial charge is 0.0609 e. The van der Waals surface area contributed by atoms with Crippen LogP contribution >= 0.6 is 15.9 Å². The number of hydrogen-bond acceptors (Lipinski definition) is 0. The van der Waals surface area contributed by atoms with E-state index in [-0.39, 0.29) is 0 Å². The van der Waals surface area contributed by atoms with Gasteiger partial charge in [-0.25, -0.2) is 0 Å². The monoisotopic (exact) mass is 236 g/mol. The van der Waals surface area contributed by atoms with Gasteiger partial charge in [0.1, 0.15) is 0 Å². The molecule has 0 atom stereocenters. The molecular weight excluding hydrogens is 224 g/mol. The topological polar surface area (TPSA) is 0 Å². The van der Waals surface area contributed by atoms with Gasteiger partial charge in [-0.05, 0) is 54.7 Å². The highest BCUT2D eigenvalue weighted by molar-refractivity contribution is 9.10. The molecule has 2 aliphatic carbocycles. The lowest BCUT2D eigenvalue weighted by Crippen LogP contribution is -2.16. The maximum atomic E-state index is 3.70. The van der Waals surface area contributed by atoms with E-state index in [2.05, 4.69) is 34.1 Å². The molecule has 3 rings (SSSR count). The third-order valence-electron chi connectivity index (χ3n) is 3.59. The lowest BCUT2D eigenvalue weighted by Gasteiger charge is -2.26. The molecule has 0 N–H and O–H groups in total. The first-order chi connectivity index (χ1) is 6.32. The molecule has 68 valence electrons. The van der Waals surface area contributed by atoms with Crippen LogP contribution in [0.4, 0.5) is 0 Å². The van der Waals surface area contributed by atoms with Crippen molar-refractivity contribution in [2.75, 3.05) is 0 Å². The van der Waals surface area contributed by atoms with E-state index in [0.29, 0.717) is 5.41 Å². The zero-order valence-electron chi connectivity index (χ0n) is 7.65. The van der Waals surface area contributed by atoms with Crippen molar-refractivity contribution in [1.82, 2.24) is 0 Å². The number of rotatable bonds is 0. The van der Waals surface area contributed by atoms with Crippen LogP contribution in [0.2, 0.25) is 0 Å². The van der Waals surface area contributed by atoms with E-state index in [4.69, 9.17) is 0 Å². The molecule has 1 aromatic rings. The van der Waals surface area contributed by atoms with E-state index in [1.54, 1.807) is 11.1 Å². The third-order valence-corrected chi connectivity index (χ3v) is 4.25. The minimum Gasteiger partial charge on any atom is -0.0609 e. The first kappa shape index (κ1) is 8.05. The predicted octanol–water partition coefficient (Wildman–Crippen LogP) is 3.82. The van der Waals surface area contributed by atoms with Gasteiger partial charge in [0.2, 0.25) is 0 Å². The number of fused-ring (bicyclic) bond motifs is 2. The average Bonchev–Trinajstić information content (AvgIpc) is 2.86. The SMILES string of the molecule is Brc1cccc2c1C1(CCC2)CC1. The van der Waals surface area contributed by atoms with Crippen LogP contribution in [-0.4, -0.2) is 0 Å². The van der Waals surface area contributed by atoms with Gasteiger partial charge in [0.25, 0.3) is 0 Å². The fourth-order valence-electron chi connectivity index (χ4n) is 2.76. The quantitative estimate of drug-likeness (QED) is 0.643. The molecule has 0 saturated heterocycles. The van der Waals surface area contributed by atoms with Gasteiger partial charge in [-0.1, -0.05) is 28.1 Å². The molecule has 0 bridgehead atoms. The highest BCUT2D eigenvalue weighted by atomic mass is 79.9. The summed E-state index contributed by atoms with van der Waals surface area (Å²) in [6.07, 6.45) is 6.94. The molecule has 0 unspecified atom stereocenters. The molecule has 0 aromatic heterocycles.